The normalized spacial score (nSPS) is 20.5. The Morgan fingerprint density at radius 3 is 2.46 bits per heavy atom. The number of nitrogens with zero attached hydrogens (tertiary/aromatic N) is 1. The van der Waals surface area contributed by atoms with Crippen molar-refractivity contribution in [3.8, 4) is 0 Å². The van der Waals surface area contributed by atoms with Crippen LogP contribution in [0.4, 0.5) is 0 Å². The summed E-state index contributed by atoms with van der Waals surface area (Å²) in [5, 5.41) is 3.87. The molecule has 0 aromatic carbocycles. The van der Waals surface area contributed by atoms with Crippen molar-refractivity contribution in [3.05, 3.63) is 0 Å². The number of amides is 2. The van der Waals surface area contributed by atoms with E-state index in [9.17, 15) is 14.4 Å². The summed E-state index contributed by atoms with van der Waals surface area (Å²) in [7, 11) is 0. The lowest BCUT2D eigenvalue weighted by molar-refractivity contribution is -0.152. The van der Waals surface area contributed by atoms with Crippen LogP contribution in [0.1, 0.15) is 33.6 Å². The number of hydrazine groups is 1. The van der Waals surface area contributed by atoms with Gasteiger partial charge in [0.05, 0.1) is 6.04 Å². The molecule has 1 aliphatic rings. The first kappa shape index (κ1) is 23.2. The number of ether oxygens (including phenoxy) is 1. The highest BCUT2D eigenvalue weighted by Crippen LogP contribution is 2.26. The van der Waals surface area contributed by atoms with Gasteiger partial charge in [0, 0.05) is 6.54 Å². The van der Waals surface area contributed by atoms with E-state index in [4.69, 9.17) is 45.3 Å². The Morgan fingerprint density at radius 2 is 1.92 bits per heavy atom. The fourth-order valence-corrected chi connectivity index (χ4v) is 2.44. The van der Waals surface area contributed by atoms with Crippen LogP contribution >= 0.6 is 34.8 Å². The first-order valence-electron chi connectivity index (χ1n) is 8.29. The number of rotatable bonds is 6. The quantitative estimate of drug-likeness (QED) is 0.425. The Hall–Kier alpha value is -0.800. The van der Waals surface area contributed by atoms with Crippen molar-refractivity contribution in [3.63, 3.8) is 0 Å². The minimum absolute atomic E-state index is 0.0533. The van der Waals surface area contributed by atoms with Crippen molar-refractivity contribution in [1.29, 1.82) is 0 Å². The van der Waals surface area contributed by atoms with Crippen molar-refractivity contribution < 1.29 is 19.1 Å². The number of esters is 1. The molecule has 3 atom stereocenters. The molecular weight excluding hydrogens is 407 g/mol. The van der Waals surface area contributed by atoms with Crippen LogP contribution in [0.25, 0.3) is 0 Å². The molecule has 1 aliphatic heterocycles. The second-order valence-corrected chi connectivity index (χ2v) is 9.05. The van der Waals surface area contributed by atoms with E-state index in [0.717, 1.165) is 0 Å². The summed E-state index contributed by atoms with van der Waals surface area (Å²) in [4.78, 5) is 36.5. The standard InChI is InChI=1S/C15H25Cl3N4O4/c1-8(2)11(19)12(23)20-9(3)13(24)22-6-4-5-10(21-22)14(25)26-7-15(16,17)18/h8-11,21H,4-7,19H2,1-3H3,(H,20,23). The molecule has 1 rings (SSSR count). The molecule has 8 nitrogen and oxygen atoms in total. The van der Waals surface area contributed by atoms with Gasteiger partial charge in [0.1, 0.15) is 18.7 Å². The van der Waals surface area contributed by atoms with Crippen molar-refractivity contribution >= 4 is 52.6 Å². The van der Waals surface area contributed by atoms with Crippen molar-refractivity contribution in [1.82, 2.24) is 15.8 Å². The second-order valence-electron chi connectivity index (χ2n) is 6.54. The highest BCUT2D eigenvalue weighted by atomic mass is 35.6. The van der Waals surface area contributed by atoms with Crippen LogP contribution < -0.4 is 16.5 Å². The zero-order valence-corrected chi connectivity index (χ0v) is 17.2. The zero-order chi connectivity index (χ0) is 20.1. The molecule has 3 unspecified atom stereocenters. The molecule has 0 spiro atoms. The maximum Gasteiger partial charge on any atom is 0.325 e. The van der Waals surface area contributed by atoms with E-state index in [1.54, 1.807) is 6.92 Å². The van der Waals surface area contributed by atoms with E-state index in [2.05, 4.69) is 10.7 Å². The number of hydrogen-bond donors (Lipinski definition) is 3. The average Bonchev–Trinajstić information content (AvgIpc) is 2.57. The van der Waals surface area contributed by atoms with E-state index >= 15 is 0 Å². The average molecular weight is 432 g/mol. The van der Waals surface area contributed by atoms with E-state index in [0.29, 0.717) is 19.4 Å². The Bertz CT molecular complexity index is 528. The van der Waals surface area contributed by atoms with Crippen LogP contribution in [-0.2, 0) is 19.1 Å². The summed E-state index contributed by atoms with van der Waals surface area (Å²) < 4.78 is 3.23. The number of alkyl halides is 3. The molecule has 0 aromatic rings. The van der Waals surface area contributed by atoms with Gasteiger partial charge in [-0.05, 0) is 25.7 Å². The Balaban J connectivity index is 2.58. The summed E-state index contributed by atoms with van der Waals surface area (Å²) in [5.74, 6) is -1.46. The first-order valence-corrected chi connectivity index (χ1v) is 9.42. The second kappa shape index (κ2) is 9.94. The van der Waals surface area contributed by atoms with Crippen LogP contribution in [0.2, 0.25) is 0 Å². The third kappa shape index (κ3) is 7.44. The fraction of sp³-hybridized carbons (Fsp3) is 0.800. The first-order chi connectivity index (χ1) is 11.9. The van der Waals surface area contributed by atoms with Gasteiger partial charge >= 0.3 is 5.97 Å². The molecule has 4 N–H and O–H groups in total. The number of carbonyl (C=O) groups is 3. The lowest BCUT2D eigenvalue weighted by Gasteiger charge is -2.34. The Labute approximate surface area is 168 Å². The van der Waals surface area contributed by atoms with Gasteiger partial charge in [-0.25, -0.2) is 5.43 Å². The van der Waals surface area contributed by atoms with Crippen LogP contribution in [0.5, 0.6) is 0 Å². The monoisotopic (exact) mass is 430 g/mol. The molecule has 26 heavy (non-hydrogen) atoms. The van der Waals surface area contributed by atoms with Crippen LogP contribution in [0.15, 0.2) is 0 Å². The number of halogens is 3. The number of hydrogen-bond acceptors (Lipinski definition) is 6. The largest absolute Gasteiger partial charge is 0.460 e. The molecule has 0 radical (unpaired) electrons. The molecule has 2 amide bonds. The Morgan fingerprint density at radius 1 is 1.31 bits per heavy atom. The molecule has 0 bridgehead atoms. The topological polar surface area (TPSA) is 114 Å². The van der Waals surface area contributed by atoms with Gasteiger partial charge in [-0.1, -0.05) is 48.7 Å². The van der Waals surface area contributed by atoms with Crippen LogP contribution in [0, 0.1) is 5.92 Å². The van der Waals surface area contributed by atoms with Crippen molar-refractivity contribution in [2.75, 3.05) is 13.2 Å². The van der Waals surface area contributed by atoms with Gasteiger partial charge in [0.2, 0.25) is 9.70 Å². The SMILES string of the molecule is CC(NC(=O)C(N)C(C)C)C(=O)N1CCCC(C(=O)OCC(Cl)(Cl)Cl)N1. The van der Waals surface area contributed by atoms with Crippen LogP contribution in [-0.4, -0.2) is 57.9 Å². The van der Waals surface area contributed by atoms with Gasteiger partial charge in [-0.2, -0.15) is 0 Å². The number of carbonyl (C=O) groups excluding carboxylic acids is 3. The van der Waals surface area contributed by atoms with E-state index in [1.165, 1.54) is 5.01 Å². The highest BCUT2D eigenvalue weighted by molar-refractivity contribution is 6.67. The molecule has 11 heteroatoms. The van der Waals surface area contributed by atoms with E-state index < -0.39 is 33.8 Å². The van der Waals surface area contributed by atoms with Crippen molar-refractivity contribution in [2.45, 2.75) is 55.5 Å². The van der Waals surface area contributed by atoms with E-state index in [-0.39, 0.29) is 18.4 Å². The number of nitrogens with one attached hydrogen (secondary N) is 2. The molecule has 0 aliphatic carbocycles. The summed E-state index contributed by atoms with van der Waals surface area (Å²) >= 11 is 16.7. The third-order valence-corrected chi connectivity index (χ3v) is 4.19. The zero-order valence-electron chi connectivity index (χ0n) is 14.9. The lowest BCUT2D eigenvalue weighted by Crippen LogP contribution is -2.60. The molecule has 1 fully saturated rings. The maximum atomic E-state index is 12.5. The van der Waals surface area contributed by atoms with Crippen molar-refractivity contribution in [2.24, 2.45) is 11.7 Å². The minimum atomic E-state index is -1.70. The summed E-state index contributed by atoms with van der Waals surface area (Å²) in [6, 6.07) is -2.24. The molecular formula is C15H25Cl3N4O4. The van der Waals surface area contributed by atoms with Gasteiger partial charge < -0.3 is 15.8 Å². The van der Waals surface area contributed by atoms with Gasteiger partial charge in [-0.15, -0.1) is 0 Å². The molecule has 1 saturated heterocycles. The van der Waals surface area contributed by atoms with Gasteiger partial charge in [-0.3, -0.25) is 19.4 Å². The highest BCUT2D eigenvalue weighted by Gasteiger charge is 2.33. The minimum Gasteiger partial charge on any atom is -0.460 e. The smallest absolute Gasteiger partial charge is 0.325 e. The van der Waals surface area contributed by atoms with Crippen LogP contribution in [0.3, 0.4) is 0 Å². The molecule has 0 aromatic heterocycles. The summed E-state index contributed by atoms with van der Waals surface area (Å²) in [6.07, 6.45) is 1.06. The Kier molecular flexibility index (Phi) is 8.88. The van der Waals surface area contributed by atoms with Gasteiger partial charge in [0.25, 0.3) is 5.91 Å². The summed E-state index contributed by atoms with van der Waals surface area (Å²) in [5.41, 5.74) is 8.56. The van der Waals surface area contributed by atoms with Gasteiger partial charge in [0.15, 0.2) is 0 Å². The molecule has 1 heterocycles. The summed E-state index contributed by atoms with van der Waals surface area (Å²) in [6.45, 7) is 5.19. The maximum absolute atomic E-state index is 12.5. The lowest BCUT2D eigenvalue weighted by atomic mass is 10.0. The molecule has 0 saturated carbocycles. The fourth-order valence-electron chi connectivity index (χ4n) is 2.28. The number of nitrogens with two attached hydrogens (primary N) is 1. The predicted molar refractivity (Wildman–Crippen MR) is 99.5 cm³/mol. The third-order valence-electron chi connectivity index (χ3n) is 3.87. The predicted octanol–water partition coefficient (Wildman–Crippen LogP) is 0.883. The molecule has 150 valence electrons. The van der Waals surface area contributed by atoms with E-state index in [1.807, 2.05) is 13.8 Å².